The molecule has 182 valence electrons. The summed E-state index contributed by atoms with van der Waals surface area (Å²) in [5.74, 6) is -1.25. The maximum absolute atomic E-state index is 12.8. The summed E-state index contributed by atoms with van der Waals surface area (Å²) >= 11 is 0. The van der Waals surface area contributed by atoms with E-state index in [2.05, 4.69) is 0 Å². The number of rotatable bonds is 10. The first-order valence-electron chi connectivity index (χ1n) is 10.9. The minimum absolute atomic E-state index is 0.0196. The van der Waals surface area contributed by atoms with E-state index in [0.717, 1.165) is 5.56 Å². The normalized spacial score (nSPS) is 13.0. The Labute approximate surface area is 192 Å². The molecule has 0 aliphatic rings. The molecule has 32 heavy (non-hydrogen) atoms. The van der Waals surface area contributed by atoms with E-state index >= 15 is 0 Å². The van der Waals surface area contributed by atoms with Crippen molar-refractivity contribution in [3.63, 3.8) is 0 Å². The fraction of sp³-hybridized carbons (Fsp3) is 0.667. The summed E-state index contributed by atoms with van der Waals surface area (Å²) < 4.78 is 40.5. The van der Waals surface area contributed by atoms with Crippen LogP contribution in [0.5, 0.6) is 0 Å². The van der Waals surface area contributed by atoms with Gasteiger partial charge < -0.3 is 9.47 Å². The van der Waals surface area contributed by atoms with Gasteiger partial charge in [0.25, 0.3) is 10.1 Å². The van der Waals surface area contributed by atoms with Crippen molar-refractivity contribution in [2.24, 2.45) is 5.41 Å². The number of ether oxygens (including phenoxy) is 2. The van der Waals surface area contributed by atoms with Gasteiger partial charge in [0.05, 0.1) is 11.5 Å². The Morgan fingerprint density at radius 3 is 1.69 bits per heavy atom. The first-order valence-corrected chi connectivity index (χ1v) is 12.3. The van der Waals surface area contributed by atoms with E-state index in [1.807, 2.05) is 6.92 Å². The van der Waals surface area contributed by atoms with Gasteiger partial charge in [-0.2, -0.15) is 8.42 Å². The third-order valence-electron chi connectivity index (χ3n) is 4.57. The lowest BCUT2D eigenvalue weighted by Gasteiger charge is -2.32. The van der Waals surface area contributed by atoms with Gasteiger partial charge in [-0.1, -0.05) is 30.5 Å². The predicted octanol–water partition coefficient (Wildman–Crippen LogP) is 4.95. The maximum Gasteiger partial charge on any atom is 0.323 e. The number of benzene rings is 1. The fourth-order valence-electron chi connectivity index (χ4n) is 2.77. The highest BCUT2D eigenvalue weighted by Crippen LogP contribution is 2.32. The molecule has 0 bridgehead atoms. The van der Waals surface area contributed by atoms with Crippen LogP contribution in [0, 0.1) is 12.3 Å². The van der Waals surface area contributed by atoms with Gasteiger partial charge in [-0.3, -0.25) is 13.8 Å². The minimum atomic E-state index is -3.81. The van der Waals surface area contributed by atoms with E-state index in [-0.39, 0.29) is 17.9 Å². The Hall–Kier alpha value is -1.93. The second kappa shape index (κ2) is 10.8. The van der Waals surface area contributed by atoms with Crippen molar-refractivity contribution in [3.05, 3.63) is 29.8 Å². The molecule has 0 aliphatic carbocycles. The number of unbranched alkanes of at least 4 members (excludes halogenated alkanes) is 2. The van der Waals surface area contributed by atoms with Gasteiger partial charge in [0.15, 0.2) is 5.41 Å². The highest BCUT2D eigenvalue weighted by Gasteiger charge is 2.46. The van der Waals surface area contributed by atoms with E-state index in [1.165, 1.54) is 19.1 Å². The summed E-state index contributed by atoms with van der Waals surface area (Å²) in [6, 6.07) is 6.45. The molecule has 0 N–H and O–H groups in total. The van der Waals surface area contributed by atoms with E-state index in [0.29, 0.717) is 19.3 Å². The Bertz CT molecular complexity index is 844. The molecule has 0 fully saturated rings. The number of carbonyl (C=O) groups is 2. The molecule has 1 aromatic carbocycles. The largest absolute Gasteiger partial charge is 0.459 e. The van der Waals surface area contributed by atoms with Crippen LogP contribution in [0.1, 0.15) is 79.7 Å². The molecular weight excluding hydrogens is 432 g/mol. The van der Waals surface area contributed by atoms with Crippen molar-refractivity contribution in [1.29, 1.82) is 0 Å². The van der Waals surface area contributed by atoms with Crippen molar-refractivity contribution in [2.45, 2.75) is 97.2 Å². The van der Waals surface area contributed by atoms with Crippen LogP contribution in [0.3, 0.4) is 0 Å². The molecule has 0 atom stereocenters. The summed E-state index contributed by atoms with van der Waals surface area (Å²) in [5.41, 5.74) is -1.96. The van der Waals surface area contributed by atoms with Crippen LogP contribution in [0.4, 0.5) is 0 Å². The van der Waals surface area contributed by atoms with Gasteiger partial charge in [0.2, 0.25) is 0 Å². The average Bonchev–Trinajstić information content (AvgIpc) is 2.61. The topological polar surface area (TPSA) is 96.0 Å². The molecular formula is C24H38O7S. The first kappa shape index (κ1) is 28.1. The lowest BCUT2D eigenvalue weighted by atomic mass is 9.84. The zero-order chi connectivity index (χ0) is 24.8. The summed E-state index contributed by atoms with van der Waals surface area (Å²) in [4.78, 5) is 25.7. The molecule has 0 aromatic heterocycles. The monoisotopic (exact) mass is 470 g/mol. The van der Waals surface area contributed by atoms with E-state index in [4.69, 9.17) is 13.7 Å². The Balaban J connectivity index is 2.67. The lowest BCUT2D eigenvalue weighted by Crippen LogP contribution is -2.44. The van der Waals surface area contributed by atoms with Gasteiger partial charge in [-0.05, 0) is 80.4 Å². The van der Waals surface area contributed by atoms with Crippen LogP contribution in [-0.2, 0) is 33.4 Å². The molecule has 7 nitrogen and oxygen atoms in total. The minimum Gasteiger partial charge on any atom is -0.459 e. The van der Waals surface area contributed by atoms with Crippen LogP contribution < -0.4 is 0 Å². The first-order chi connectivity index (χ1) is 14.5. The van der Waals surface area contributed by atoms with Gasteiger partial charge in [-0.15, -0.1) is 0 Å². The van der Waals surface area contributed by atoms with Crippen LogP contribution in [0.25, 0.3) is 0 Å². The highest BCUT2D eigenvalue weighted by atomic mass is 32.2. The van der Waals surface area contributed by atoms with Crippen LogP contribution >= 0.6 is 0 Å². The van der Waals surface area contributed by atoms with E-state index in [1.54, 1.807) is 53.7 Å². The molecule has 0 unspecified atom stereocenters. The van der Waals surface area contributed by atoms with Crippen LogP contribution in [-0.4, -0.2) is 38.2 Å². The maximum atomic E-state index is 12.8. The summed E-state index contributed by atoms with van der Waals surface area (Å²) in [5, 5.41) is 0. The third kappa shape index (κ3) is 9.28. The second-order valence-corrected chi connectivity index (χ2v) is 11.9. The smallest absolute Gasteiger partial charge is 0.323 e. The average molecular weight is 471 g/mol. The van der Waals surface area contributed by atoms with Crippen molar-refractivity contribution in [3.8, 4) is 0 Å². The fourth-order valence-corrected chi connectivity index (χ4v) is 3.71. The Morgan fingerprint density at radius 1 is 0.781 bits per heavy atom. The number of esters is 2. The van der Waals surface area contributed by atoms with Crippen molar-refractivity contribution in [2.75, 3.05) is 6.61 Å². The molecule has 8 heteroatoms. The SMILES string of the molecule is Cc1ccc(S(=O)(=O)OCCCCCC(C)(C(=O)OC(C)(C)C)C(=O)OC(C)(C)C)cc1. The summed E-state index contributed by atoms with van der Waals surface area (Å²) in [6.45, 7) is 13.9. The van der Waals surface area contributed by atoms with E-state index < -0.39 is 38.7 Å². The molecule has 0 radical (unpaired) electrons. The Morgan fingerprint density at radius 2 is 1.25 bits per heavy atom. The standard InChI is InChI=1S/C24H38O7S/c1-18-12-14-19(15-13-18)32(27,28)29-17-11-9-10-16-24(8,20(25)30-22(2,3)4)21(26)31-23(5,6)7/h12-15H,9-11,16-17H2,1-8H3. The van der Waals surface area contributed by atoms with Gasteiger partial charge in [0, 0.05) is 0 Å². The third-order valence-corrected chi connectivity index (χ3v) is 5.89. The molecule has 0 amide bonds. The van der Waals surface area contributed by atoms with E-state index in [9.17, 15) is 18.0 Å². The number of hydrogen-bond donors (Lipinski definition) is 0. The van der Waals surface area contributed by atoms with Gasteiger partial charge >= 0.3 is 11.9 Å². The van der Waals surface area contributed by atoms with Crippen molar-refractivity contribution >= 4 is 22.1 Å². The molecule has 1 rings (SSSR count). The molecule has 0 aliphatic heterocycles. The predicted molar refractivity (Wildman–Crippen MR) is 123 cm³/mol. The van der Waals surface area contributed by atoms with Crippen molar-refractivity contribution < 1.29 is 31.7 Å². The number of carbonyl (C=O) groups excluding carboxylic acids is 2. The number of hydrogen-bond acceptors (Lipinski definition) is 7. The zero-order valence-corrected chi connectivity index (χ0v) is 21.4. The molecule has 0 spiro atoms. The number of aryl methyl sites for hydroxylation is 1. The molecule has 1 aromatic rings. The Kier molecular flexibility index (Phi) is 9.48. The molecule has 0 heterocycles. The summed E-state index contributed by atoms with van der Waals surface area (Å²) in [6.07, 6.45) is 1.76. The van der Waals surface area contributed by atoms with Crippen LogP contribution in [0.15, 0.2) is 29.2 Å². The quantitative estimate of drug-likeness (QED) is 0.207. The summed E-state index contributed by atoms with van der Waals surface area (Å²) in [7, 11) is -3.81. The van der Waals surface area contributed by atoms with Gasteiger partial charge in [-0.25, -0.2) is 0 Å². The molecule has 0 saturated carbocycles. The van der Waals surface area contributed by atoms with Gasteiger partial charge in [0.1, 0.15) is 11.2 Å². The lowest BCUT2D eigenvalue weighted by molar-refractivity contribution is -0.184. The van der Waals surface area contributed by atoms with Crippen LogP contribution in [0.2, 0.25) is 0 Å². The van der Waals surface area contributed by atoms with Crippen molar-refractivity contribution in [1.82, 2.24) is 0 Å². The molecule has 0 saturated heterocycles. The highest BCUT2D eigenvalue weighted by molar-refractivity contribution is 7.86. The zero-order valence-electron chi connectivity index (χ0n) is 20.6. The second-order valence-electron chi connectivity index (χ2n) is 10.2.